The molecule has 0 radical (unpaired) electrons. The third-order valence-electron chi connectivity index (χ3n) is 2.63. The molecule has 1 aromatic rings. The normalized spacial score (nSPS) is 10.2. The molecule has 0 unspecified atom stereocenters. The molecule has 0 atom stereocenters. The molecule has 1 rings (SSSR count). The smallest absolute Gasteiger partial charge is 0.138 e. The summed E-state index contributed by atoms with van der Waals surface area (Å²) >= 11 is 0. The minimum atomic E-state index is -0.346. The zero-order valence-corrected chi connectivity index (χ0v) is 12.4. The monoisotopic (exact) mass is 295 g/mol. The summed E-state index contributed by atoms with van der Waals surface area (Å²) in [5.74, 6) is 5.00. The first-order chi connectivity index (χ1) is 10.3. The van der Waals surface area contributed by atoms with E-state index in [4.69, 9.17) is 19.9 Å². The van der Waals surface area contributed by atoms with Crippen molar-refractivity contribution in [1.29, 1.82) is 0 Å². The molecule has 0 bridgehead atoms. The molecule has 0 amide bonds. The molecule has 2 N–H and O–H groups in total. The lowest BCUT2D eigenvalue weighted by molar-refractivity contribution is 0.0336. The fraction of sp³-hybridized carbons (Fsp3) is 0.500. The summed E-state index contributed by atoms with van der Waals surface area (Å²) in [5.41, 5.74) is 6.50. The number of halogens is 1. The van der Waals surface area contributed by atoms with Gasteiger partial charge in [0.05, 0.1) is 31.9 Å². The van der Waals surface area contributed by atoms with Crippen molar-refractivity contribution in [2.75, 3.05) is 40.1 Å². The summed E-state index contributed by atoms with van der Waals surface area (Å²) in [6.45, 7) is 2.99. The van der Waals surface area contributed by atoms with Crippen LogP contribution in [0.2, 0.25) is 0 Å². The van der Waals surface area contributed by atoms with Gasteiger partial charge in [-0.25, -0.2) is 4.39 Å². The van der Waals surface area contributed by atoms with Crippen LogP contribution in [0.1, 0.15) is 17.5 Å². The van der Waals surface area contributed by atoms with Gasteiger partial charge in [-0.15, -0.1) is 0 Å². The molecule has 0 aromatic heterocycles. The molecule has 0 saturated carbocycles. The molecule has 0 aliphatic heterocycles. The van der Waals surface area contributed by atoms with E-state index < -0.39 is 0 Å². The first kappa shape index (κ1) is 17.6. The lowest BCUT2D eigenvalue weighted by Crippen LogP contribution is -2.06. The van der Waals surface area contributed by atoms with Crippen molar-refractivity contribution >= 4 is 0 Å². The van der Waals surface area contributed by atoms with E-state index in [1.807, 2.05) is 0 Å². The predicted molar refractivity (Wildman–Crippen MR) is 79.3 cm³/mol. The first-order valence-electron chi connectivity index (χ1n) is 6.89. The van der Waals surface area contributed by atoms with Crippen LogP contribution in [-0.2, 0) is 20.8 Å². The van der Waals surface area contributed by atoms with E-state index in [2.05, 4.69) is 11.8 Å². The molecular weight excluding hydrogens is 273 g/mol. The second-order valence-corrected chi connectivity index (χ2v) is 4.33. The Morgan fingerprint density at radius 3 is 2.71 bits per heavy atom. The van der Waals surface area contributed by atoms with Crippen LogP contribution in [-0.4, -0.2) is 40.1 Å². The highest BCUT2D eigenvalue weighted by molar-refractivity contribution is 5.38. The molecule has 0 heterocycles. The minimum absolute atomic E-state index is 0.209. The second-order valence-electron chi connectivity index (χ2n) is 4.33. The van der Waals surface area contributed by atoms with Crippen molar-refractivity contribution in [3.05, 3.63) is 35.1 Å². The van der Waals surface area contributed by atoms with Crippen LogP contribution in [0.5, 0.6) is 0 Å². The van der Waals surface area contributed by atoms with E-state index in [9.17, 15) is 4.39 Å². The van der Waals surface area contributed by atoms with Gasteiger partial charge in [0.1, 0.15) is 5.82 Å². The van der Waals surface area contributed by atoms with Gasteiger partial charge < -0.3 is 19.9 Å². The lowest BCUT2D eigenvalue weighted by Gasteiger charge is -2.06. The van der Waals surface area contributed by atoms with Crippen LogP contribution in [0.4, 0.5) is 4.39 Å². The number of rotatable bonds is 9. The van der Waals surface area contributed by atoms with E-state index in [1.165, 1.54) is 6.07 Å². The summed E-state index contributed by atoms with van der Waals surface area (Å²) in [6.07, 6.45) is 0.873. The van der Waals surface area contributed by atoms with Gasteiger partial charge in [0.15, 0.2) is 0 Å². The number of ether oxygens (including phenoxy) is 3. The third-order valence-corrected chi connectivity index (χ3v) is 2.63. The number of nitrogens with two attached hydrogens (primary N) is 1. The van der Waals surface area contributed by atoms with E-state index in [-0.39, 0.29) is 12.4 Å². The fourth-order valence-corrected chi connectivity index (χ4v) is 1.62. The average molecular weight is 295 g/mol. The SMILES string of the molecule is COCCCOCCOCc1ccc(F)c(C#CCN)c1. The first-order valence-corrected chi connectivity index (χ1v) is 6.89. The molecule has 0 aliphatic rings. The van der Waals surface area contributed by atoms with Crippen LogP contribution >= 0.6 is 0 Å². The van der Waals surface area contributed by atoms with Gasteiger partial charge in [0.2, 0.25) is 0 Å². The summed E-state index contributed by atoms with van der Waals surface area (Å²) in [7, 11) is 1.66. The molecule has 0 spiro atoms. The van der Waals surface area contributed by atoms with Gasteiger partial charge in [-0.2, -0.15) is 0 Å². The van der Waals surface area contributed by atoms with Crippen molar-refractivity contribution in [1.82, 2.24) is 0 Å². The van der Waals surface area contributed by atoms with E-state index in [0.717, 1.165) is 12.0 Å². The van der Waals surface area contributed by atoms with Crippen molar-refractivity contribution in [3.8, 4) is 11.8 Å². The van der Waals surface area contributed by atoms with Crippen LogP contribution in [0.3, 0.4) is 0 Å². The van der Waals surface area contributed by atoms with E-state index >= 15 is 0 Å². The van der Waals surface area contributed by atoms with Crippen molar-refractivity contribution in [2.24, 2.45) is 5.73 Å². The summed E-state index contributed by atoms with van der Waals surface area (Å²) in [5, 5.41) is 0. The molecule has 0 saturated heterocycles. The minimum Gasteiger partial charge on any atom is -0.385 e. The lowest BCUT2D eigenvalue weighted by atomic mass is 10.1. The molecule has 1 aromatic carbocycles. The van der Waals surface area contributed by atoms with E-state index in [0.29, 0.717) is 38.6 Å². The standard InChI is InChI=1S/C16H22FNO3/c1-19-8-3-9-20-10-11-21-13-14-5-6-16(17)15(12-14)4-2-7-18/h5-6,12H,3,7-11,13,18H2,1H3. The molecule has 116 valence electrons. The van der Waals surface area contributed by atoms with Crippen molar-refractivity contribution in [3.63, 3.8) is 0 Å². The Morgan fingerprint density at radius 2 is 1.95 bits per heavy atom. The van der Waals surface area contributed by atoms with Crippen molar-refractivity contribution < 1.29 is 18.6 Å². The second kappa shape index (κ2) is 11.2. The van der Waals surface area contributed by atoms with Crippen molar-refractivity contribution in [2.45, 2.75) is 13.0 Å². The highest BCUT2D eigenvalue weighted by Crippen LogP contribution is 2.10. The Morgan fingerprint density at radius 1 is 1.14 bits per heavy atom. The van der Waals surface area contributed by atoms with Gasteiger partial charge in [-0.1, -0.05) is 17.9 Å². The molecule has 0 aliphatic carbocycles. The Kier molecular flexibility index (Phi) is 9.42. The average Bonchev–Trinajstić information content (AvgIpc) is 2.50. The maximum atomic E-state index is 13.5. The summed E-state index contributed by atoms with van der Waals surface area (Å²) < 4.78 is 29.2. The highest BCUT2D eigenvalue weighted by atomic mass is 19.1. The summed E-state index contributed by atoms with van der Waals surface area (Å²) in [6, 6.07) is 4.75. The van der Waals surface area contributed by atoms with Crippen LogP contribution < -0.4 is 5.73 Å². The Balaban J connectivity index is 2.26. The van der Waals surface area contributed by atoms with Crippen LogP contribution in [0.15, 0.2) is 18.2 Å². The predicted octanol–water partition coefficient (Wildman–Crippen LogP) is 1.71. The Labute approximate surface area is 125 Å². The Bertz CT molecular complexity index is 468. The summed E-state index contributed by atoms with van der Waals surface area (Å²) in [4.78, 5) is 0. The topological polar surface area (TPSA) is 53.7 Å². The number of hydrogen-bond donors (Lipinski definition) is 1. The van der Waals surface area contributed by atoms with Gasteiger partial charge in [-0.3, -0.25) is 0 Å². The molecule has 0 fully saturated rings. The largest absolute Gasteiger partial charge is 0.385 e. The number of benzene rings is 1. The zero-order chi connectivity index (χ0) is 15.3. The maximum Gasteiger partial charge on any atom is 0.138 e. The maximum absolute atomic E-state index is 13.5. The quantitative estimate of drug-likeness (QED) is 0.556. The van der Waals surface area contributed by atoms with Gasteiger partial charge in [0, 0.05) is 20.3 Å². The molecular formula is C16H22FNO3. The number of methoxy groups -OCH3 is 1. The van der Waals surface area contributed by atoms with E-state index in [1.54, 1.807) is 19.2 Å². The van der Waals surface area contributed by atoms with Gasteiger partial charge >= 0.3 is 0 Å². The molecule has 21 heavy (non-hydrogen) atoms. The van der Waals surface area contributed by atoms with Crippen LogP contribution in [0.25, 0.3) is 0 Å². The Hall–Kier alpha value is -1.45. The molecule has 5 heteroatoms. The molecule has 4 nitrogen and oxygen atoms in total. The number of hydrogen-bond acceptors (Lipinski definition) is 4. The third kappa shape index (κ3) is 7.78. The van der Waals surface area contributed by atoms with Gasteiger partial charge in [-0.05, 0) is 24.1 Å². The highest BCUT2D eigenvalue weighted by Gasteiger charge is 2.01. The van der Waals surface area contributed by atoms with Gasteiger partial charge in [0.25, 0.3) is 0 Å². The zero-order valence-electron chi connectivity index (χ0n) is 12.4. The van der Waals surface area contributed by atoms with Crippen LogP contribution in [0, 0.1) is 17.7 Å². The fourth-order valence-electron chi connectivity index (χ4n) is 1.62.